The molecule has 0 saturated carbocycles. The second-order valence-corrected chi connectivity index (χ2v) is 8.08. The van der Waals surface area contributed by atoms with E-state index in [2.05, 4.69) is 10.6 Å². The molecule has 2 rings (SSSR count). The molecular weight excluding hydrogens is 414 g/mol. The number of phenols is 1. The minimum absolute atomic E-state index is 0.0440. The molecule has 0 heterocycles. The second kappa shape index (κ2) is 10.5. The van der Waals surface area contributed by atoms with Gasteiger partial charge >= 0.3 is 6.09 Å². The van der Waals surface area contributed by atoms with E-state index in [0.29, 0.717) is 17.0 Å². The Bertz CT molecular complexity index is 953. The highest BCUT2D eigenvalue weighted by atomic mass is 16.6. The summed E-state index contributed by atoms with van der Waals surface area (Å²) in [5, 5.41) is 15.0. The lowest BCUT2D eigenvalue weighted by Gasteiger charge is -2.28. The van der Waals surface area contributed by atoms with Crippen LogP contribution in [-0.4, -0.2) is 54.2 Å². The topological polar surface area (TPSA) is 117 Å². The molecule has 32 heavy (non-hydrogen) atoms. The highest BCUT2D eigenvalue weighted by Gasteiger charge is 2.29. The first-order valence-electron chi connectivity index (χ1n) is 9.96. The van der Waals surface area contributed by atoms with Gasteiger partial charge in [-0.15, -0.1) is 0 Å². The monoisotopic (exact) mass is 443 g/mol. The Kier molecular flexibility index (Phi) is 8.06. The number of methoxy groups -OCH3 is 1. The zero-order valence-electron chi connectivity index (χ0n) is 18.8. The van der Waals surface area contributed by atoms with Crippen molar-refractivity contribution in [2.45, 2.75) is 32.4 Å². The molecule has 2 aromatic rings. The van der Waals surface area contributed by atoms with Crippen LogP contribution in [0.2, 0.25) is 0 Å². The number of hydrogen-bond donors (Lipinski definition) is 3. The minimum Gasteiger partial charge on any atom is -0.508 e. The van der Waals surface area contributed by atoms with Crippen molar-refractivity contribution in [3.63, 3.8) is 0 Å². The third-order valence-corrected chi connectivity index (χ3v) is 4.36. The molecule has 0 aliphatic carbocycles. The van der Waals surface area contributed by atoms with Crippen LogP contribution >= 0.6 is 0 Å². The minimum atomic E-state index is -1.06. The molecule has 3 N–H and O–H groups in total. The third-order valence-electron chi connectivity index (χ3n) is 4.36. The maximum Gasteiger partial charge on any atom is 0.408 e. The van der Waals surface area contributed by atoms with Gasteiger partial charge in [-0.1, -0.05) is 12.1 Å². The highest BCUT2D eigenvalue weighted by Crippen LogP contribution is 2.25. The van der Waals surface area contributed by atoms with E-state index in [4.69, 9.17) is 9.47 Å². The van der Waals surface area contributed by atoms with Crippen LogP contribution in [0.3, 0.4) is 0 Å². The summed E-state index contributed by atoms with van der Waals surface area (Å²) in [5.41, 5.74) is 0.208. The Morgan fingerprint density at radius 2 is 1.75 bits per heavy atom. The zero-order chi connectivity index (χ0) is 23.9. The number of nitrogens with one attached hydrogen (secondary N) is 2. The fraction of sp³-hybridized carbons (Fsp3) is 0.348. The molecule has 0 saturated heterocycles. The molecule has 0 aromatic heterocycles. The number of rotatable bonds is 7. The van der Waals surface area contributed by atoms with E-state index in [-0.39, 0.29) is 12.3 Å². The van der Waals surface area contributed by atoms with E-state index in [1.807, 2.05) is 0 Å². The van der Waals surface area contributed by atoms with Crippen molar-refractivity contribution in [1.29, 1.82) is 0 Å². The molecule has 2 aromatic carbocycles. The maximum atomic E-state index is 13.1. The summed E-state index contributed by atoms with van der Waals surface area (Å²) >= 11 is 0. The van der Waals surface area contributed by atoms with Crippen molar-refractivity contribution in [3.05, 3.63) is 54.1 Å². The lowest BCUT2D eigenvalue weighted by Crippen LogP contribution is -2.44. The quantitative estimate of drug-likeness (QED) is 0.606. The Hall–Kier alpha value is -3.75. The summed E-state index contributed by atoms with van der Waals surface area (Å²) in [6.45, 7) is 4.77. The fourth-order valence-electron chi connectivity index (χ4n) is 2.86. The second-order valence-electron chi connectivity index (χ2n) is 8.08. The smallest absolute Gasteiger partial charge is 0.408 e. The summed E-state index contributed by atoms with van der Waals surface area (Å²) in [6, 6.07) is 11.7. The Balaban J connectivity index is 2.19. The van der Waals surface area contributed by atoms with Gasteiger partial charge in [0.15, 0.2) is 0 Å². The van der Waals surface area contributed by atoms with E-state index in [9.17, 15) is 19.5 Å². The van der Waals surface area contributed by atoms with Crippen LogP contribution in [0, 0.1) is 0 Å². The molecule has 1 atom stereocenters. The van der Waals surface area contributed by atoms with Crippen molar-refractivity contribution in [2.24, 2.45) is 0 Å². The number of carbonyl (C=O) groups excluding carboxylic acids is 3. The van der Waals surface area contributed by atoms with E-state index in [1.54, 1.807) is 57.2 Å². The number of ether oxygens (including phenoxy) is 2. The zero-order valence-corrected chi connectivity index (χ0v) is 18.8. The lowest BCUT2D eigenvalue weighted by atomic mass is 10.0. The van der Waals surface area contributed by atoms with Crippen LogP contribution in [0.25, 0.3) is 0 Å². The average Bonchev–Trinajstić information content (AvgIpc) is 2.71. The van der Waals surface area contributed by atoms with Gasteiger partial charge in [-0.05, 0) is 62.7 Å². The molecule has 0 aliphatic rings. The third kappa shape index (κ3) is 7.19. The SMILES string of the molecule is COc1ccc(NC(=O)C(c2cccc(O)c2)N(C)C(=O)CNC(=O)OC(C)(C)C)cc1. The van der Waals surface area contributed by atoms with Crippen LogP contribution < -0.4 is 15.4 Å². The van der Waals surface area contributed by atoms with Gasteiger partial charge in [-0.25, -0.2) is 4.79 Å². The number of nitrogens with zero attached hydrogens (tertiary/aromatic N) is 1. The number of likely N-dealkylation sites (N-methyl/N-ethyl adjacent to an activating group) is 1. The standard InChI is InChI=1S/C23H29N3O6/c1-23(2,3)32-22(30)24-14-19(28)26(4)20(15-7-6-8-17(27)13-15)21(29)25-16-9-11-18(31-5)12-10-16/h6-13,20,27H,14H2,1-5H3,(H,24,30)(H,25,29). The number of aromatic hydroxyl groups is 1. The molecule has 0 bridgehead atoms. The normalized spacial score (nSPS) is 11.8. The van der Waals surface area contributed by atoms with Crippen molar-refractivity contribution in [1.82, 2.24) is 10.2 Å². The summed E-state index contributed by atoms with van der Waals surface area (Å²) in [5.74, 6) is -0.423. The summed E-state index contributed by atoms with van der Waals surface area (Å²) in [6.07, 6.45) is -0.740. The molecule has 1 unspecified atom stereocenters. The largest absolute Gasteiger partial charge is 0.508 e. The molecular formula is C23H29N3O6. The van der Waals surface area contributed by atoms with Gasteiger partial charge in [0.1, 0.15) is 29.7 Å². The van der Waals surface area contributed by atoms with Crippen molar-refractivity contribution < 1.29 is 29.0 Å². The molecule has 9 heteroatoms. The van der Waals surface area contributed by atoms with E-state index >= 15 is 0 Å². The van der Waals surface area contributed by atoms with Crippen LogP contribution in [-0.2, 0) is 14.3 Å². The number of amides is 3. The molecule has 9 nitrogen and oxygen atoms in total. The van der Waals surface area contributed by atoms with Gasteiger partial charge in [0, 0.05) is 12.7 Å². The molecule has 172 valence electrons. The average molecular weight is 444 g/mol. The Morgan fingerprint density at radius 3 is 2.31 bits per heavy atom. The van der Waals surface area contributed by atoms with Gasteiger partial charge in [0.25, 0.3) is 5.91 Å². The predicted molar refractivity (Wildman–Crippen MR) is 119 cm³/mol. The van der Waals surface area contributed by atoms with Crippen molar-refractivity contribution in [3.8, 4) is 11.5 Å². The van der Waals surface area contributed by atoms with Crippen molar-refractivity contribution in [2.75, 3.05) is 26.0 Å². The van der Waals surface area contributed by atoms with Gasteiger partial charge in [-0.3, -0.25) is 9.59 Å². The van der Waals surface area contributed by atoms with Crippen LogP contribution in [0.4, 0.5) is 10.5 Å². The number of anilines is 1. The number of carbonyl (C=O) groups is 3. The van der Waals surface area contributed by atoms with E-state index in [1.165, 1.54) is 31.2 Å². The van der Waals surface area contributed by atoms with Crippen LogP contribution in [0.1, 0.15) is 32.4 Å². The number of phenolic OH excluding ortho intramolecular Hbond substituents is 1. The first-order chi connectivity index (χ1) is 15.0. The lowest BCUT2D eigenvalue weighted by molar-refractivity contribution is -0.136. The molecule has 0 fully saturated rings. The van der Waals surface area contributed by atoms with Gasteiger partial charge in [0.2, 0.25) is 5.91 Å². The first kappa shape index (κ1) is 24.5. The number of alkyl carbamates (subject to hydrolysis) is 1. The van der Waals surface area contributed by atoms with E-state index < -0.39 is 29.6 Å². The first-order valence-corrected chi connectivity index (χ1v) is 9.96. The summed E-state index contributed by atoms with van der Waals surface area (Å²) in [7, 11) is 2.98. The van der Waals surface area contributed by atoms with Crippen LogP contribution in [0.15, 0.2) is 48.5 Å². The summed E-state index contributed by atoms with van der Waals surface area (Å²) in [4.78, 5) is 38.9. The maximum absolute atomic E-state index is 13.1. The van der Waals surface area contributed by atoms with Crippen molar-refractivity contribution >= 4 is 23.6 Å². The van der Waals surface area contributed by atoms with Gasteiger partial charge in [-0.2, -0.15) is 0 Å². The number of hydrogen-bond acceptors (Lipinski definition) is 6. The molecule has 0 aliphatic heterocycles. The molecule has 3 amide bonds. The van der Waals surface area contributed by atoms with Gasteiger partial charge < -0.3 is 30.1 Å². The Morgan fingerprint density at radius 1 is 1.09 bits per heavy atom. The highest BCUT2D eigenvalue weighted by molar-refractivity contribution is 5.98. The fourth-order valence-corrected chi connectivity index (χ4v) is 2.86. The van der Waals surface area contributed by atoms with Crippen LogP contribution in [0.5, 0.6) is 11.5 Å². The Labute approximate surface area is 187 Å². The van der Waals surface area contributed by atoms with E-state index in [0.717, 1.165) is 0 Å². The number of benzene rings is 2. The molecule has 0 spiro atoms. The predicted octanol–water partition coefficient (Wildman–Crippen LogP) is 3.06. The summed E-state index contributed by atoms with van der Waals surface area (Å²) < 4.78 is 10.2. The van der Waals surface area contributed by atoms with Gasteiger partial charge in [0.05, 0.1) is 7.11 Å². The molecule has 0 radical (unpaired) electrons.